The third-order valence-electron chi connectivity index (χ3n) is 6.81. The minimum Gasteiger partial charge on any atom is -0.478 e. The molecule has 0 radical (unpaired) electrons. The Morgan fingerprint density at radius 2 is 1.88 bits per heavy atom. The number of pyridine rings is 1. The Morgan fingerprint density at radius 1 is 1.05 bits per heavy atom. The zero-order chi connectivity index (χ0) is 29.5. The van der Waals surface area contributed by atoms with Crippen LogP contribution in [0.2, 0.25) is 5.02 Å². The van der Waals surface area contributed by atoms with Crippen LogP contribution in [0.15, 0.2) is 78.9 Å². The second-order valence-electron chi connectivity index (χ2n) is 9.89. The fourth-order valence-corrected chi connectivity index (χ4v) is 4.74. The number of ether oxygens (including phenoxy) is 2. The number of hydrogen-bond acceptors (Lipinski definition) is 6. The summed E-state index contributed by atoms with van der Waals surface area (Å²) < 4.78 is 25.4. The number of carbonyl (C=O) groups excluding carboxylic acids is 1. The molecule has 0 spiro atoms. The van der Waals surface area contributed by atoms with Crippen LogP contribution in [0.4, 0.5) is 15.8 Å². The van der Waals surface area contributed by atoms with E-state index in [4.69, 9.17) is 21.1 Å². The number of aromatic nitrogens is 1. The minimum atomic E-state index is -1.05. The standard InChI is InChI=1S/C32H29ClFN3O5/c33-24-12-10-23(26(34)17-24)19-42-31-5-1-4-27(37-31)21-8-6-20(7-9-21)15-30(38)36-28-13-11-22(32(39)40)16-29(28)35-18-25-3-2-14-41-25/h1,4-13,16-17,25,35H,2-3,14-15,18-19H2,(H,36,38)(H,39,40)/t25-/m1/s1. The highest BCUT2D eigenvalue weighted by Gasteiger charge is 2.17. The molecule has 0 unspecified atom stereocenters. The van der Waals surface area contributed by atoms with Crippen LogP contribution in [0.3, 0.4) is 0 Å². The van der Waals surface area contributed by atoms with Crippen molar-refractivity contribution < 1.29 is 28.6 Å². The van der Waals surface area contributed by atoms with E-state index in [0.717, 1.165) is 24.0 Å². The molecule has 2 heterocycles. The molecule has 5 rings (SSSR count). The van der Waals surface area contributed by atoms with E-state index in [0.29, 0.717) is 46.7 Å². The van der Waals surface area contributed by atoms with Gasteiger partial charge in [-0.25, -0.2) is 14.2 Å². The van der Waals surface area contributed by atoms with Gasteiger partial charge < -0.3 is 25.2 Å². The molecule has 1 atom stereocenters. The van der Waals surface area contributed by atoms with Gasteiger partial charge in [-0.05, 0) is 54.8 Å². The molecule has 216 valence electrons. The molecule has 3 aromatic carbocycles. The Balaban J connectivity index is 1.21. The van der Waals surface area contributed by atoms with Gasteiger partial charge >= 0.3 is 5.97 Å². The number of nitrogens with one attached hydrogen (secondary N) is 2. The van der Waals surface area contributed by atoms with Gasteiger partial charge in [-0.2, -0.15) is 0 Å². The van der Waals surface area contributed by atoms with E-state index in [2.05, 4.69) is 15.6 Å². The number of amides is 1. The van der Waals surface area contributed by atoms with Crippen LogP contribution < -0.4 is 15.4 Å². The Hall–Kier alpha value is -4.47. The van der Waals surface area contributed by atoms with Crippen molar-refractivity contribution in [1.29, 1.82) is 0 Å². The van der Waals surface area contributed by atoms with Gasteiger partial charge in [0.1, 0.15) is 12.4 Å². The van der Waals surface area contributed by atoms with Gasteiger partial charge in [0, 0.05) is 35.4 Å². The molecule has 0 saturated carbocycles. The smallest absolute Gasteiger partial charge is 0.335 e. The lowest BCUT2D eigenvalue weighted by Gasteiger charge is -2.16. The molecule has 1 aliphatic heterocycles. The van der Waals surface area contributed by atoms with Gasteiger partial charge in [0.25, 0.3) is 0 Å². The number of carboxylic acid groups (broad SMARTS) is 1. The summed E-state index contributed by atoms with van der Waals surface area (Å²) in [5.74, 6) is -1.38. The summed E-state index contributed by atoms with van der Waals surface area (Å²) in [7, 11) is 0. The Morgan fingerprint density at radius 3 is 2.62 bits per heavy atom. The number of nitrogens with zero attached hydrogens (tertiary/aromatic N) is 1. The van der Waals surface area contributed by atoms with Crippen molar-refractivity contribution in [3.63, 3.8) is 0 Å². The van der Waals surface area contributed by atoms with E-state index in [1.165, 1.54) is 18.2 Å². The molecule has 0 aliphatic carbocycles. The van der Waals surface area contributed by atoms with Gasteiger partial charge in [-0.15, -0.1) is 0 Å². The molecule has 0 bridgehead atoms. The van der Waals surface area contributed by atoms with Crippen LogP contribution in [0.5, 0.6) is 5.88 Å². The summed E-state index contributed by atoms with van der Waals surface area (Å²) in [5.41, 5.74) is 3.81. The molecule has 4 aromatic rings. The van der Waals surface area contributed by atoms with Crippen LogP contribution in [0.25, 0.3) is 11.3 Å². The molecule has 1 aliphatic rings. The molecule has 1 aromatic heterocycles. The van der Waals surface area contributed by atoms with E-state index in [1.54, 1.807) is 30.3 Å². The van der Waals surface area contributed by atoms with Crippen molar-refractivity contribution in [3.05, 3.63) is 106 Å². The first-order valence-electron chi connectivity index (χ1n) is 13.5. The quantitative estimate of drug-likeness (QED) is 0.181. The van der Waals surface area contributed by atoms with Crippen LogP contribution in [-0.2, 0) is 22.6 Å². The molecule has 1 fully saturated rings. The summed E-state index contributed by atoms with van der Waals surface area (Å²) in [4.78, 5) is 28.9. The lowest BCUT2D eigenvalue weighted by atomic mass is 10.1. The molecular weight excluding hydrogens is 561 g/mol. The topological polar surface area (TPSA) is 110 Å². The fraction of sp³-hybridized carbons (Fsp3) is 0.219. The van der Waals surface area contributed by atoms with E-state index >= 15 is 0 Å². The first kappa shape index (κ1) is 29.0. The Labute approximate surface area is 247 Å². The second-order valence-corrected chi connectivity index (χ2v) is 10.3. The van der Waals surface area contributed by atoms with E-state index in [9.17, 15) is 19.1 Å². The first-order valence-corrected chi connectivity index (χ1v) is 13.9. The SMILES string of the molecule is O=C(Cc1ccc(-c2cccc(OCc3ccc(Cl)cc3F)n2)cc1)Nc1ccc(C(=O)O)cc1NC[C@H]1CCCO1. The number of hydrogen-bond donors (Lipinski definition) is 3. The van der Waals surface area contributed by atoms with E-state index < -0.39 is 11.8 Å². The van der Waals surface area contributed by atoms with Gasteiger partial charge in [-0.3, -0.25) is 4.79 Å². The highest BCUT2D eigenvalue weighted by atomic mass is 35.5. The van der Waals surface area contributed by atoms with E-state index in [1.807, 2.05) is 30.3 Å². The maximum Gasteiger partial charge on any atom is 0.335 e. The Kier molecular flexibility index (Phi) is 9.31. The third-order valence-corrected chi connectivity index (χ3v) is 7.05. The number of carbonyl (C=O) groups is 2. The van der Waals surface area contributed by atoms with Gasteiger partial charge in [-0.1, -0.05) is 48.0 Å². The zero-order valence-corrected chi connectivity index (χ0v) is 23.4. The summed E-state index contributed by atoms with van der Waals surface area (Å²) in [6.45, 7) is 1.24. The summed E-state index contributed by atoms with van der Waals surface area (Å²) in [6, 6.07) is 21.7. The molecule has 10 heteroatoms. The highest BCUT2D eigenvalue weighted by Crippen LogP contribution is 2.26. The number of rotatable bonds is 11. The molecule has 42 heavy (non-hydrogen) atoms. The maximum absolute atomic E-state index is 14.1. The number of benzene rings is 3. The van der Waals surface area contributed by atoms with Crippen molar-refractivity contribution in [2.45, 2.75) is 32.0 Å². The maximum atomic E-state index is 14.1. The first-order chi connectivity index (χ1) is 20.3. The average molecular weight is 590 g/mol. The summed E-state index contributed by atoms with van der Waals surface area (Å²) in [6.07, 6.45) is 2.09. The monoisotopic (exact) mass is 589 g/mol. The van der Waals surface area contributed by atoms with Crippen LogP contribution in [-0.4, -0.2) is 41.2 Å². The molecular formula is C32H29ClFN3O5. The lowest BCUT2D eigenvalue weighted by molar-refractivity contribution is -0.115. The van der Waals surface area contributed by atoms with Gasteiger partial charge in [0.2, 0.25) is 11.8 Å². The van der Waals surface area contributed by atoms with Gasteiger partial charge in [0.15, 0.2) is 0 Å². The van der Waals surface area contributed by atoms with Gasteiger partial charge in [0.05, 0.1) is 35.2 Å². The number of aromatic carboxylic acids is 1. The van der Waals surface area contributed by atoms with Crippen LogP contribution in [0, 0.1) is 5.82 Å². The minimum absolute atomic E-state index is 0.0120. The van der Waals surface area contributed by atoms with Crippen LogP contribution >= 0.6 is 11.6 Å². The van der Waals surface area contributed by atoms with Crippen molar-refractivity contribution in [2.75, 3.05) is 23.8 Å². The predicted molar refractivity (Wildman–Crippen MR) is 159 cm³/mol. The van der Waals surface area contributed by atoms with E-state index in [-0.39, 0.29) is 30.6 Å². The lowest BCUT2D eigenvalue weighted by Crippen LogP contribution is -2.21. The van der Waals surface area contributed by atoms with Crippen molar-refractivity contribution in [2.24, 2.45) is 0 Å². The summed E-state index contributed by atoms with van der Waals surface area (Å²) in [5, 5.41) is 15.8. The van der Waals surface area contributed by atoms with Crippen molar-refractivity contribution >= 4 is 34.9 Å². The highest BCUT2D eigenvalue weighted by molar-refractivity contribution is 6.30. The second kappa shape index (κ2) is 13.5. The largest absolute Gasteiger partial charge is 0.478 e. The fourth-order valence-electron chi connectivity index (χ4n) is 4.58. The number of anilines is 2. The van der Waals surface area contributed by atoms with Crippen LogP contribution in [0.1, 0.15) is 34.3 Å². The van der Waals surface area contributed by atoms with Crippen molar-refractivity contribution in [1.82, 2.24) is 4.98 Å². The molecule has 1 saturated heterocycles. The number of carboxylic acids is 1. The third kappa shape index (κ3) is 7.63. The Bertz CT molecular complexity index is 1580. The molecule has 1 amide bonds. The summed E-state index contributed by atoms with van der Waals surface area (Å²) >= 11 is 5.81. The molecule has 3 N–H and O–H groups in total. The van der Waals surface area contributed by atoms with Crippen molar-refractivity contribution in [3.8, 4) is 17.1 Å². The molecule has 8 nitrogen and oxygen atoms in total. The number of halogens is 2. The average Bonchev–Trinajstić information content (AvgIpc) is 3.50. The zero-order valence-electron chi connectivity index (χ0n) is 22.6. The normalized spacial score (nSPS) is 14.4. The predicted octanol–water partition coefficient (Wildman–Crippen LogP) is 6.59.